The van der Waals surface area contributed by atoms with E-state index in [9.17, 15) is 8.42 Å². The highest BCUT2D eigenvalue weighted by molar-refractivity contribution is 7.91. The van der Waals surface area contributed by atoms with Crippen molar-refractivity contribution in [3.05, 3.63) is 51.9 Å². The first-order valence-corrected chi connectivity index (χ1v) is 9.13. The number of thiophene rings is 1. The van der Waals surface area contributed by atoms with Gasteiger partial charge in [-0.05, 0) is 36.2 Å². The smallest absolute Gasteiger partial charge is 0.250 e. The van der Waals surface area contributed by atoms with Crippen LogP contribution in [0.3, 0.4) is 0 Å². The highest BCUT2D eigenvalue weighted by Crippen LogP contribution is 2.21. The summed E-state index contributed by atoms with van der Waals surface area (Å²) >= 11 is 6.98. The van der Waals surface area contributed by atoms with Crippen LogP contribution in [0.5, 0.6) is 0 Å². The molecule has 0 saturated heterocycles. The Bertz CT molecular complexity index is 680. The molecule has 0 saturated carbocycles. The number of benzene rings is 1. The highest BCUT2D eigenvalue weighted by Gasteiger charge is 2.16. The molecule has 1 aromatic carbocycles. The molecule has 0 bridgehead atoms. The van der Waals surface area contributed by atoms with Crippen molar-refractivity contribution in [3.63, 3.8) is 0 Å². The van der Waals surface area contributed by atoms with Gasteiger partial charge < -0.3 is 5.11 Å². The van der Waals surface area contributed by atoms with Crippen LogP contribution >= 0.6 is 22.9 Å². The summed E-state index contributed by atoms with van der Waals surface area (Å²) in [6.45, 7) is 0.348. The van der Waals surface area contributed by atoms with E-state index in [1.165, 1.54) is 11.3 Å². The van der Waals surface area contributed by atoms with Gasteiger partial charge in [0.25, 0.3) is 0 Å². The van der Waals surface area contributed by atoms with E-state index in [1.54, 1.807) is 24.3 Å². The summed E-state index contributed by atoms with van der Waals surface area (Å²) in [6, 6.07) is 10.6. The Morgan fingerprint density at radius 2 is 1.81 bits per heavy atom. The van der Waals surface area contributed by atoms with Gasteiger partial charge in [-0.2, -0.15) is 0 Å². The molecule has 0 spiro atoms. The van der Waals surface area contributed by atoms with E-state index in [0.29, 0.717) is 24.4 Å². The number of hydrogen-bond donors (Lipinski definition) is 2. The molecule has 0 aliphatic rings. The first-order chi connectivity index (χ1) is 10.0. The lowest BCUT2D eigenvalue weighted by Crippen LogP contribution is -2.25. The Morgan fingerprint density at radius 1 is 1.10 bits per heavy atom. The third-order valence-corrected chi connectivity index (χ3v) is 6.23. The highest BCUT2D eigenvalue weighted by atomic mass is 35.5. The van der Waals surface area contributed by atoms with Crippen LogP contribution in [0, 0.1) is 0 Å². The lowest BCUT2D eigenvalue weighted by atomic mass is 10.2. The second kappa shape index (κ2) is 7.38. The molecule has 1 heterocycles. The van der Waals surface area contributed by atoms with E-state index in [-0.39, 0.29) is 10.8 Å². The second-order valence-electron chi connectivity index (χ2n) is 4.47. The molecule has 2 N–H and O–H groups in total. The fourth-order valence-electron chi connectivity index (χ4n) is 1.80. The van der Waals surface area contributed by atoms with Gasteiger partial charge in [0.2, 0.25) is 10.0 Å². The minimum atomic E-state index is -3.48. The summed E-state index contributed by atoms with van der Waals surface area (Å²) in [5.74, 6) is 0. The minimum Gasteiger partial charge on any atom is -0.396 e. The molecule has 0 fully saturated rings. The zero-order valence-electron chi connectivity index (χ0n) is 11.3. The summed E-state index contributed by atoms with van der Waals surface area (Å²) < 4.78 is 27.1. The van der Waals surface area contributed by atoms with E-state index in [1.807, 2.05) is 12.1 Å². The second-order valence-corrected chi connectivity index (χ2v) is 8.07. The maximum atomic E-state index is 12.1. The number of hydrogen-bond acceptors (Lipinski definition) is 4. The number of halogens is 1. The van der Waals surface area contributed by atoms with Gasteiger partial charge in [0.05, 0.1) is 0 Å². The van der Waals surface area contributed by atoms with Crippen LogP contribution in [0.15, 0.2) is 40.6 Å². The Morgan fingerprint density at radius 3 is 2.48 bits per heavy atom. The number of aliphatic hydroxyl groups excluding tert-OH is 1. The number of nitrogens with one attached hydrogen (secondary N) is 1. The molecule has 0 atom stereocenters. The average molecular weight is 346 g/mol. The first-order valence-electron chi connectivity index (χ1n) is 6.45. The molecular formula is C14H16ClNO3S2. The SMILES string of the molecule is O=S(=O)(NCCc1ccc(Cl)cc1)c1ccc(CCO)s1. The van der Waals surface area contributed by atoms with Gasteiger partial charge in [-0.1, -0.05) is 23.7 Å². The zero-order valence-corrected chi connectivity index (χ0v) is 13.6. The van der Waals surface area contributed by atoms with E-state index in [0.717, 1.165) is 10.4 Å². The lowest BCUT2D eigenvalue weighted by Gasteiger charge is -2.05. The number of sulfonamides is 1. The first kappa shape index (κ1) is 16.5. The Kier molecular flexibility index (Phi) is 5.78. The van der Waals surface area contributed by atoms with Gasteiger partial charge in [-0.25, -0.2) is 13.1 Å². The van der Waals surface area contributed by atoms with Crippen LogP contribution < -0.4 is 4.72 Å². The third-order valence-electron chi connectivity index (χ3n) is 2.88. The van der Waals surface area contributed by atoms with Gasteiger partial charge >= 0.3 is 0 Å². The topological polar surface area (TPSA) is 66.4 Å². The number of aliphatic hydroxyl groups is 1. The maximum Gasteiger partial charge on any atom is 0.250 e. The molecule has 4 nitrogen and oxygen atoms in total. The molecule has 2 rings (SSSR count). The van der Waals surface area contributed by atoms with Crippen LogP contribution in [-0.4, -0.2) is 26.7 Å². The van der Waals surface area contributed by atoms with Crippen molar-refractivity contribution >= 4 is 33.0 Å². The molecule has 0 radical (unpaired) electrons. The predicted octanol–water partition coefficient (Wildman–Crippen LogP) is 2.46. The quantitative estimate of drug-likeness (QED) is 0.810. The summed E-state index contributed by atoms with van der Waals surface area (Å²) in [5.41, 5.74) is 1.02. The Labute approximate surface area is 133 Å². The average Bonchev–Trinajstić information content (AvgIpc) is 2.91. The molecule has 21 heavy (non-hydrogen) atoms. The summed E-state index contributed by atoms with van der Waals surface area (Å²) in [5, 5.41) is 9.51. The third kappa shape index (κ3) is 4.79. The zero-order chi connectivity index (χ0) is 15.3. The predicted molar refractivity (Wildman–Crippen MR) is 85.5 cm³/mol. The molecular weight excluding hydrogens is 330 g/mol. The molecule has 0 unspecified atom stereocenters. The minimum absolute atomic E-state index is 0.0179. The van der Waals surface area contributed by atoms with Crippen LogP contribution in [0.2, 0.25) is 5.02 Å². The van der Waals surface area contributed by atoms with Crippen molar-refractivity contribution in [1.29, 1.82) is 0 Å². The normalized spacial score (nSPS) is 11.7. The number of rotatable bonds is 7. The summed E-state index contributed by atoms with van der Waals surface area (Å²) in [4.78, 5) is 0.857. The van der Waals surface area contributed by atoms with Crippen LogP contribution in [0.25, 0.3) is 0 Å². The van der Waals surface area contributed by atoms with Crippen molar-refractivity contribution < 1.29 is 13.5 Å². The molecule has 2 aromatic rings. The van der Waals surface area contributed by atoms with E-state index in [2.05, 4.69) is 4.72 Å². The van der Waals surface area contributed by atoms with Crippen LogP contribution in [0.1, 0.15) is 10.4 Å². The van der Waals surface area contributed by atoms with E-state index >= 15 is 0 Å². The molecule has 0 aliphatic heterocycles. The van der Waals surface area contributed by atoms with Gasteiger partial charge in [0.15, 0.2) is 0 Å². The fraction of sp³-hybridized carbons (Fsp3) is 0.286. The Hall–Kier alpha value is -0.920. The molecule has 1 aromatic heterocycles. The molecule has 7 heteroatoms. The van der Waals surface area contributed by atoms with Gasteiger partial charge in [0.1, 0.15) is 4.21 Å². The van der Waals surface area contributed by atoms with Gasteiger partial charge in [0, 0.05) is 29.5 Å². The van der Waals surface area contributed by atoms with Gasteiger partial charge in [-0.3, -0.25) is 0 Å². The maximum absolute atomic E-state index is 12.1. The standard InChI is InChI=1S/C14H16ClNO3S2/c15-12-3-1-11(2-4-12)7-9-16-21(18,19)14-6-5-13(20-14)8-10-17/h1-6,16-17H,7-10H2. The van der Waals surface area contributed by atoms with Crippen LogP contribution in [-0.2, 0) is 22.9 Å². The van der Waals surface area contributed by atoms with E-state index in [4.69, 9.17) is 16.7 Å². The van der Waals surface area contributed by atoms with Crippen molar-refractivity contribution in [1.82, 2.24) is 4.72 Å². The molecule has 0 amide bonds. The summed E-state index contributed by atoms with van der Waals surface area (Å²) in [7, 11) is -3.48. The van der Waals surface area contributed by atoms with Crippen molar-refractivity contribution in [2.45, 2.75) is 17.1 Å². The Balaban J connectivity index is 1.92. The van der Waals surface area contributed by atoms with Gasteiger partial charge in [-0.15, -0.1) is 11.3 Å². The van der Waals surface area contributed by atoms with Crippen LogP contribution in [0.4, 0.5) is 0 Å². The van der Waals surface area contributed by atoms with Crippen molar-refractivity contribution in [2.75, 3.05) is 13.2 Å². The largest absolute Gasteiger partial charge is 0.396 e. The van der Waals surface area contributed by atoms with E-state index < -0.39 is 10.0 Å². The fourth-order valence-corrected chi connectivity index (χ4v) is 4.35. The van der Waals surface area contributed by atoms with Crippen molar-refractivity contribution in [2.24, 2.45) is 0 Å². The summed E-state index contributed by atoms with van der Waals surface area (Å²) in [6.07, 6.45) is 1.08. The molecule has 114 valence electrons. The molecule has 0 aliphatic carbocycles. The monoisotopic (exact) mass is 345 g/mol. The lowest BCUT2D eigenvalue weighted by molar-refractivity contribution is 0.300. The van der Waals surface area contributed by atoms with Crippen molar-refractivity contribution in [3.8, 4) is 0 Å².